The molecule has 31 heavy (non-hydrogen) atoms. The number of benzene rings is 1. The molecule has 4 rings (SSSR count). The number of aromatic nitrogens is 2. The molecule has 7 nitrogen and oxygen atoms in total. The van der Waals surface area contributed by atoms with Gasteiger partial charge >= 0.3 is 0 Å². The lowest BCUT2D eigenvalue weighted by Gasteiger charge is -2.36. The summed E-state index contributed by atoms with van der Waals surface area (Å²) < 4.78 is 5.76. The molecule has 1 unspecified atom stereocenters. The molecule has 2 aromatic rings. The highest BCUT2D eigenvalue weighted by Crippen LogP contribution is 2.35. The lowest BCUT2D eigenvalue weighted by molar-refractivity contribution is 0.269. The zero-order valence-electron chi connectivity index (χ0n) is 17.3. The summed E-state index contributed by atoms with van der Waals surface area (Å²) in [4.78, 5) is 14.3. The summed E-state index contributed by atoms with van der Waals surface area (Å²) in [5.74, 6) is 3.58. The van der Waals surface area contributed by atoms with Gasteiger partial charge in [0.05, 0.1) is 10.6 Å². The number of thioether (sulfide) groups is 2. The van der Waals surface area contributed by atoms with E-state index in [4.69, 9.17) is 42.9 Å². The van der Waals surface area contributed by atoms with E-state index in [1.165, 1.54) is 0 Å². The normalized spacial score (nSPS) is 18.2. The molecule has 2 aliphatic heterocycles. The van der Waals surface area contributed by atoms with Crippen molar-refractivity contribution in [2.45, 2.75) is 43.0 Å². The van der Waals surface area contributed by atoms with Crippen LogP contribution < -0.4 is 15.5 Å². The van der Waals surface area contributed by atoms with Crippen LogP contribution in [0, 0.1) is 0 Å². The van der Waals surface area contributed by atoms with Crippen molar-refractivity contribution < 1.29 is 4.74 Å². The first-order valence-corrected chi connectivity index (χ1v) is 12.8. The van der Waals surface area contributed by atoms with Crippen molar-refractivity contribution in [2.75, 3.05) is 17.3 Å². The fraction of sp³-hybridized carbons (Fsp3) is 0.350. The number of hydrazine groups is 1. The molecule has 0 radical (unpaired) electrons. The van der Waals surface area contributed by atoms with Crippen LogP contribution in [0.25, 0.3) is 0 Å². The second-order valence-corrected chi connectivity index (χ2v) is 9.60. The Balaban J connectivity index is 1.70. The van der Waals surface area contributed by atoms with Crippen molar-refractivity contribution in [3.05, 3.63) is 45.9 Å². The molecule has 1 aromatic heterocycles. The van der Waals surface area contributed by atoms with Crippen molar-refractivity contribution in [1.29, 1.82) is 0 Å². The highest BCUT2D eigenvalue weighted by molar-refractivity contribution is 7.99. The molecule has 11 heteroatoms. The van der Waals surface area contributed by atoms with Gasteiger partial charge in [-0.05, 0) is 36.6 Å². The van der Waals surface area contributed by atoms with Gasteiger partial charge in [0.25, 0.3) is 0 Å². The van der Waals surface area contributed by atoms with Crippen LogP contribution in [0.4, 0.5) is 5.82 Å². The molecule has 0 fully saturated rings. The fourth-order valence-corrected chi connectivity index (χ4v) is 4.93. The summed E-state index contributed by atoms with van der Waals surface area (Å²) in [7, 11) is 0. The van der Waals surface area contributed by atoms with Crippen LogP contribution in [0.1, 0.15) is 32.3 Å². The van der Waals surface area contributed by atoms with Crippen molar-refractivity contribution in [3.8, 4) is 5.75 Å². The average molecular weight is 497 g/mol. The smallest absolute Gasteiger partial charge is 0.190 e. The third-order valence-corrected chi connectivity index (χ3v) is 6.55. The van der Waals surface area contributed by atoms with Gasteiger partial charge in [-0.1, -0.05) is 55.2 Å². The number of anilines is 1. The highest BCUT2D eigenvalue weighted by atomic mass is 35.5. The van der Waals surface area contributed by atoms with Gasteiger partial charge in [-0.3, -0.25) is 5.43 Å². The van der Waals surface area contributed by atoms with Crippen molar-refractivity contribution in [3.63, 3.8) is 0 Å². The molecule has 0 bridgehead atoms. The number of halogens is 2. The van der Waals surface area contributed by atoms with Gasteiger partial charge in [-0.15, -0.1) is 11.8 Å². The van der Waals surface area contributed by atoms with E-state index in [0.717, 1.165) is 46.0 Å². The summed E-state index contributed by atoms with van der Waals surface area (Å²) in [6.07, 6.45) is 5.48. The molecule has 1 aromatic carbocycles. The number of rotatable bonds is 7. The van der Waals surface area contributed by atoms with E-state index in [1.807, 2.05) is 11.3 Å². The molecule has 0 saturated carbocycles. The van der Waals surface area contributed by atoms with Crippen molar-refractivity contribution in [1.82, 2.24) is 20.4 Å². The SMILES string of the molecule is CCCC1Nc2nc(SCC)nc(SC)c2C2=NC(=COc3ccc(Cl)cc3Cl)NN21. The summed E-state index contributed by atoms with van der Waals surface area (Å²) >= 11 is 15.4. The molecule has 0 spiro atoms. The molecule has 3 heterocycles. The average Bonchev–Trinajstić information content (AvgIpc) is 3.17. The third-order valence-electron chi connectivity index (χ3n) is 4.60. The zero-order chi connectivity index (χ0) is 22.0. The molecule has 0 amide bonds. The third kappa shape index (κ3) is 4.69. The van der Waals surface area contributed by atoms with Crippen LogP contribution in [0.15, 0.2) is 45.5 Å². The number of nitrogens with one attached hydrogen (secondary N) is 2. The number of amidine groups is 1. The number of hydrogen-bond acceptors (Lipinski definition) is 9. The monoisotopic (exact) mass is 496 g/mol. The van der Waals surface area contributed by atoms with E-state index in [-0.39, 0.29) is 6.17 Å². The predicted molar refractivity (Wildman–Crippen MR) is 129 cm³/mol. The lowest BCUT2D eigenvalue weighted by atomic mass is 10.1. The quantitative estimate of drug-likeness (QED) is 0.221. The summed E-state index contributed by atoms with van der Waals surface area (Å²) in [6.45, 7) is 4.24. The van der Waals surface area contributed by atoms with Crippen LogP contribution in [0.2, 0.25) is 10.0 Å². The molecule has 1 atom stereocenters. The van der Waals surface area contributed by atoms with E-state index >= 15 is 0 Å². The van der Waals surface area contributed by atoms with Gasteiger partial charge in [-0.25, -0.2) is 20.0 Å². The van der Waals surface area contributed by atoms with E-state index in [1.54, 1.807) is 48.0 Å². The first-order valence-electron chi connectivity index (χ1n) is 9.86. The number of hydrogen-bond donors (Lipinski definition) is 2. The first-order chi connectivity index (χ1) is 15.0. The Morgan fingerprint density at radius 2 is 2.10 bits per heavy atom. The number of ether oxygens (including phenoxy) is 1. The number of fused-ring (bicyclic) bond motifs is 3. The van der Waals surface area contributed by atoms with Gasteiger partial charge in [0.2, 0.25) is 0 Å². The first kappa shape index (κ1) is 22.4. The summed E-state index contributed by atoms with van der Waals surface area (Å²) in [5, 5.41) is 8.21. The second-order valence-electron chi connectivity index (χ2n) is 6.73. The van der Waals surface area contributed by atoms with Crippen molar-refractivity contribution >= 4 is 58.4 Å². The van der Waals surface area contributed by atoms with Crippen molar-refractivity contribution in [2.24, 2.45) is 4.99 Å². The molecular weight excluding hydrogens is 475 g/mol. The standard InChI is InChI=1S/C20H22Cl2N6OS2/c1-4-6-15-24-17-16(19(30-3)26-20(25-17)31-5-2)18-23-14(27-28(15)18)10-29-13-8-7-11(21)9-12(13)22/h7-10,15,27H,4-6H2,1-3H3,(H,24,25,26). The largest absolute Gasteiger partial charge is 0.460 e. The lowest BCUT2D eigenvalue weighted by Crippen LogP contribution is -2.52. The number of aliphatic imine (C=N–C) groups is 1. The Hall–Kier alpha value is -1.81. The maximum atomic E-state index is 6.21. The van der Waals surface area contributed by atoms with E-state index in [0.29, 0.717) is 21.6 Å². The van der Waals surface area contributed by atoms with E-state index in [9.17, 15) is 0 Å². The fourth-order valence-electron chi connectivity index (χ4n) is 3.28. The van der Waals surface area contributed by atoms with Gasteiger partial charge < -0.3 is 10.1 Å². The molecule has 0 saturated heterocycles. The Morgan fingerprint density at radius 3 is 2.81 bits per heavy atom. The van der Waals surface area contributed by atoms with Crippen LogP contribution in [0.5, 0.6) is 5.75 Å². The molecule has 2 aliphatic rings. The Morgan fingerprint density at radius 1 is 1.26 bits per heavy atom. The molecule has 0 aliphatic carbocycles. The summed E-state index contributed by atoms with van der Waals surface area (Å²) in [5.41, 5.74) is 4.21. The van der Waals surface area contributed by atoms with Crippen LogP contribution in [-0.2, 0) is 0 Å². The second kappa shape index (κ2) is 9.77. The van der Waals surface area contributed by atoms with Gasteiger partial charge in [-0.2, -0.15) is 0 Å². The number of nitrogens with zero attached hydrogens (tertiary/aromatic N) is 4. The maximum Gasteiger partial charge on any atom is 0.190 e. The zero-order valence-corrected chi connectivity index (χ0v) is 20.4. The minimum absolute atomic E-state index is 0.00496. The van der Waals surface area contributed by atoms with Gasteiger partial charge in [0.1, 0.15) is 29.0 Å². The predicted octanol–water partition coefficient (Wildman–Crippen LogP) is 5.61. The van der Waals surface area contributed by atoms with Crippen LogP contribution >= 0.6 is 46.7 Å². The summed E-state index contributed by atoms with van der Waals surface area (Å²) in [6, 6.07) is 5.09. The van der Waals surface area contributed by atoms with Crippen LogP contribution in [0.3, 0.4) is 0 Å². The maximum absolute atomic E-state index is 6.21. The Bertz CT molecular complexity index is 1050. The highest BCUT2D eigenvalue weighted by Gasteiger charge is 2.37. The minimum atomic E-state index is 0.00496. The van der Waals surface area contributed by atoms with Gasteiger partial charge in [0, 0.05) is 5.02 Å². The molecular formula is C20H22Cl2N6OS2. The molecule has 164 valence electrons. The molecule has 2 N–H and O–H groups in total. The topological polar surface area (TPSA) is 74.7 Å². The Labute approximate surface area is 200 Å². The Kier molecular flexibility index (Phi) is 7.05. The van der Waals surface area contributed by atoms with Crippen LogP contribution in [-0.4, -0.2) is 39.0 Å². The van der Waals surface area contributed by atoms with Gasteiger partial charge in [0.15, 0.2) is 16.8 Å². The minimum Gasteiger partial charge on any atom is -0.460 e. The van der Waals surface area contributed by atoms with E-state index in [2.05, 4.69) is 24.6 Å². The van der Waals surface area contributed by atoms with E-state index < -0.39 is 0 Å².